The summed E-state index contributed by atoms with van der Waals surface area (Å²) < 4.78 is 0. The second-order valence-electron chi connectivity index (χ2n) is 6.73. The van der Waals surface area contributed by atoms with Gasteiger partial charge < -0.3 is 5.11 Å². The number of carbonyl (C=O) groups is 1. The Bertz CT molecular complexity index is 1320. The maximum absolute atomic E-state index is 13.0. The fraction of sp³-hybridized carbons (Fsp3) is 0.0435. The molecule has 0 atom stereocenters. The van der Waals surface area contributed by atoms with Crippen LogP contribution in [0.4, 0.5) is 0 Å². The minimum Gasteiger partial charge on any atom is -0.506 e. The third kappa shape index (κ3) is 4.35. The van der Waals surface area contributed by atoms with Crippen LogP contribution in [0.25, 0.3) is 22.2 Å². The summed E-state index contributed by atoms with van der Waals surface area (Å²) in [6, 6.07) is 15.7. The molecule has 0 bridgehead atoms. The molecule has 0 aliphatic rings. The van der Waals surface area contributed by atoms with Crippen molar-refractivity contribution in [2.75, 3.05) is 0 Å². The van der Waals surface area contributed by atoms with Gasteiger partial charge in [0.05, 0.1) is 27.5 Å². The van der Waals surface area contributed by atoms with Crippen LogP contribution < -0.4 is 5.43 Å². The van der Waals surface area contributed by atoms with E-state index < -0.39 is 5.91 Å². The van der Waals surface area contributed by atoms with Gasteiger partial charge in [0.25, 0.3) is 5.91 Å². The van der Waals surface area contributed by atoms with E-state index in [-0.39, 0.29) is 10.8 Å². The Morgan fingerprint density at radius 2 is 1.77 bits per heavy atom. The number of rotatable bonds is 4. The molecular weight excluding hydrogens is 435 g/mol. The number of para-hydroxylation sites is 1. The number of benzene rings is 2. The van der Waals surface area contributed by atoms with Crippen molar-refractivity contribution >= 4 is 45.7 Å². The number of phenols is 1. The number of hydrazone groups is 1. The number of hydrogen-bond acceptors (Lipinski definition) is 5. The van der Waals surface area contributed by atoms with E-state index in [4.69, 9.17) is 23.2 Å². The third-order valence-corrected chi connectivity index (χ3v) is 5.19. The Morgan fingerprint density at radius 3 is 2.55 bits per heavy atom. The van der Waals surface area contributed by atoms with E-state index in [0.717, 1.165) is 5.56 Å². The predicted molar refractivity (Wildman–Crippen MR) is 123 cm³/mol. The van der Waals surface area contributed by atoms with Crippen molar-refractivity contribution in [1.29, 1.82) is 0 Å². The molecule has 0 spiro atoms. The van der Waals surface area contributed by atoms with Gasteiger partial charge in [-0.15, -0.1) is 0 Å². The first-order chi connectivity index (χ1) is 14.9. The Hall–Kier alpha value is -3.48. The maximum Gasteiger partial charge on any atom is 0.272 e. The lowest BCUT2D eigenvalue weighted by Gasteiger charge is -2.10. The first-order valence-electron chi connectivity index (χ1n) is 9.27. The molecule has 1 amide bonds. The molecule has 0 aliphatic heterocycles. The Kier molecular flexibility index (Phi) is 5.84. The number of nitrogens with zero attached hydrogens (tertiary/aromatic N) is 3. The Balaban J connectivity index is 1.72. The van der Waals surface area contributed by atoms with Crippen LogP contribution in [0.1, 0.15) is 22.8 Å². The van der Waals surface area contributed by atoms with Crippen molar-refractivity contribution in [3.8, 4) is 17.0 Å². The van der Waals surface area contributed by atoms with Gasteiger partial charge in [0.2, 0.25) is 0 Å². The lowest BCUT2D eigenvalue weighted by Crippen LogP contribution is -2.20. The minimum atomic E-state index is -0.416. The lowest BCUT2D eigenvalue weighted by atomic mass is 10.0. The summed E-state index contributed by atoms with van der Waals surface area (Å²) in [6.07, 6.45) is 3.34. The summed E-state index contributed by atoms with van der Waals surface area (Å²) in [5.41, 5.74) is 5.81. The van der Waals surface area contributed by atoms with Crippen LogP contribution in [-0.4, -0.2) is 26.7 Å². The van der Waals surface area contributed by atoms with E-state index in [1.807, 2.05) is 36.4 Å². The van der Waals surface area contributed by atoms with E-state index in [0.29, 0.717) is 38.5 Å². The molecule has 0 fully saturated rings. The molecule has 0 saturated carbocycles. The summed E-state index contributed by atoms with van der Waals surface area (Å²) in [4.78, 5) is 21.7. The molecular formula is C23H16Cl2N4O2. The highest BCUT2D eigenvalue weighted by atomic mass is 35.5. The van der Waals surface area contributed by atoms with Gasteiger partial charge in [-0.3, -0.25) is 9.78 Å². The van der Waals surface area contributed by atoms with Crippen molar-refractivity contribution in [2.45, 2.75) is 6.92 Å². The molecule has 2 N–H and O–H groups in total. The zero-order valence-corrected chi connectivity index (χ0v) is 17.8. The van der Waals surface area contributed by atoms with Crippen LogP contribution in [0.15, 0.2) is 72.1 Å². The summed E-state index contributed by atoms with van der Waals surface area (Å²) in [5, 5.41) is 15.5. The first kappa shape index (κ1) is 20.8. The highest BCUT2D eigenvalue weighted by molar-refractivity contribution is 6.36. The number of hydrogen-bond donors (Lipinski definition) is 2. The molecule has 2 aromatic carbocycles. The van der Waals surface area contributed by atoms with Crippen molar-refractivity contribution in [2.24, 2.45) is 5.10 Å². The highest BCUT2D eigenvalue weighted by Gasteiger charge is 2.15. The molecule has 8 heteroatoms. The monoisotopic (exact) mass is 450 g/mol. The lowest BCUT2D eigenvalue weighted by molar-refractivity contribution is 0.0956. The third-order valence-electron chi connectivity index (χ3n) is 4.68. The van der Waals surface area contributed by atoms with E-state index in [2.05, 4.69) is 20.5 Å². The zero-order valence-electron chi connectivity index (χ0n) is 16.3. The number of pyridine rings is 2. The van der Waals surface area contributed by atoms with Crippen LogP contribution in [0.3, 0.4) is 0 Å². The van der Waals surface area contributed by atoms with E-state index >= 15 is 0 Å². The van der Waals surface area contributed by atoms with Crippen LogP contribution in [0.2, 0.25) is 10.0 Å². The summed E-state index contributed by atoms with van der Waals surface area (Å²) in [5.74, 6) is -0.572. The number of aromatic nitrogens is 2. The van der Waals surface area contributed by atoms with Crippen LogP contribution in [0.5, 0.6) is 5.75 Å². The Labute approximate surface area is 188 Å². The van der Waals surface area contributed by atoms with Crippen molar-refractivity contribution < 1.29 is 9.90 Å². The zero-order chi connectivity index (χ0) is 22.0. The topological polar surface area (TPSA) is 87.5 Å². The van der Waals surface area contributed by atoms with Crippen molar-refractivity contribution in [1.82, 2.24) is 15.4 Å². The fourth-order valence-electron chi connectivity index (χ4n) is 3.13. The molecule has 4 rings (SSSR count). The molecule has 0 radical (unpaired) electrons. The van der Waals surface area contributed by atoms with Crippen molar-refractivity contribution in [3.63, 3.8) is 0 Å². The van der Waals surface area contributed by atoms with Gasteiger partial charge >= 0.3 is 0 Å². The highest BCUT2D eigenvalue weighted by Crippen LogP contribution is 2.31. The molecule has 6 nitrogen and oxygen atoms in total. The number of phenolic OH excluding ortho intramolecular Hbond substituents is 1. The second-order valence-corrected chi connectivity index (χ2v) is 7.57. The molecule has 2 heterocycles. The van der Waals surface area contributed by atoms with Gasteiger partial charge in [-0.25, -0.2) is 10.4 Å². The summed E-state index contributed by atoms with van der Waals surface area (Å²) in [6.45, 7) is 1.63. The molecule has 2 aromatic heterocycles. The number of halogens is 2. The maximum atomic E-state index is 13.0. The average Bonchev–Trinajstić information content (AvgIpc) is 2.79. The van der Waals surface area contributed by atoms with Crippen LogP contribution in [0, 0.1) is 0 Å². The van der Waals surface area contributed by atoms with E-state index in [1.165, 1.54) is 12.1 Å². The average molecular weight is 451 g/mol. The molecule has 4 aromatic rings. The summed E-state index contributed by atoms with van der Waals surface area (Å²) in [7, 11) is 0. The number of fused-ring (bicyclic) bond motifs is 1. The standard InChI is InChI=1S/C23H16Cl2N4O2/c1-13(17-10-15(24)11-19(25)22(17)30)28-29-23(31)18-12-21(14-6-8-26-9-7-14)27-20-5-3-2-4-16(18)20/h2-12,30H,1H3,(H,29,31)/b28-13+. The van der Waals surface area contributed by atoms with E-state index in [9.17, 15) is 9.90 Å². The van der Waals surface area contributed by atoms with Crippen molar-refractivity contribution in [3.05, 3.63) is 88.2 Å². The summed E-state index contributed by atoms with van der Waals surface area (Å²) >= 11 is 12.0. The van der Waals surface area contributed by atoms with Gasteiger partial charge in [-0.1, -0.05) is 41.4 Å². The SMILES string of the molecule is C/C(=N\NC(=O)c1cc(-c2ccncc2)nc2ccccc12)c1cc(Cl)cc(Cl)c1O. The van der Waals surface area contributed by atoms with E-state index in [1.54, 1.807) is 25.4 Å². The van der Waals surface area contributed by atoms with Gasteiger partial charge in [0.1, 0.15) is 5.75 Å². The van der Waals surface area contributed by atoms with Gasteiger partial charge in [0, 0.05) is 33.9 Å². The first-order valence-corrected chi connectivity index (χ1v) is 10.0. The van der Waals surface area contributed by atoms with Crippen LogP contribution >= 0.6 is 23.2 Å². The quantitative estimate of drug-likeness (QED) is 0.319. The largest absolute Gasteiger partial charge is 0.506 e. The minimum absolute atomic E-state index is 0.102. The molecule has 154 valence electrons. The molecule has 0 unspecified atom stereocenters. The molecule has 0 saturated heterocycles. The normalized spacial score (nSPS) is 11.5. The molecule has 31 heavy (non-hydrogen) atoms. The second kappa shape index (κ2) is 8.71. The predicted octanol–water partition coefficient (Wildman–Crippen LogP) is 5.46. The van der Waals surface area contributed by atoms with Gasteiger partial charge in [-0.05, 0) is 43.3 Å². The number of nitrogens with one attached hydrogen (secondary N) is 1. The fourth-order valence-corrected chi connectivity index (χ4v) is 3.62. The molecule has 0 aliphatic carbocycles. The Morgan fingerprint density at radius 1 is 1.03 bits per heavy atom. The van der Waals surface area contributed by atoms with Crippen LogP contribution in [-0.2, 0) is 0 Å². The van der Waals surface area contributed by atoms with Gasteiger partial charge in [0.15, 0.2) is 0 Å². The number of aromatic hydroxyl groups is 1. The smallest absolute Gasteiger partial charge is 0.272 e. The number of amides is 1. The van der Waals surface area contributed by atoms with Gasteiger partial charge in [-0.2, -0.15) is 5.10 Å². The number of carbonyl (C=O) groups excluding carboxylic acids is 1.